The third-order valence-electron chi connectivity index (χ3n) is 3.28. The second-order valence-electron chi connectivity index (χ2n) is 4.39. The molecule has 0 bridgehead atoms. The topological polar surface area (TPSA) is 52.7 Å². The molecule has 2 amide bonds. The molecule has 0 unspecified atom stereocenters. The van der Waals surface area contributed by atoms with Gasteiger partial charge in [-0.1, -0.05) is 41.5 Å². The van der Waals surface area contributed by atoms with Crippen LogP contribution in [0, 0.1) is 0 Å². The van der Waals surface area contributed by atoms with E-state index >= 15 is 0 Å². The van der Waals surface area contributed by atoms with Crippen molar-refractivity contribution in [3.63, 3.8) is 0 Å². The first-order chi connectivity index (χ1) is 9.48. The number of hydrogen-bond acceptors (Lipinski definition) is 4. The molecular formula is C15H33N3O2. The first-order valence-corrected chi connectivity index (χ1v) is 7.76. The number of imide groups is 1. The molecule has 0 atom stereocenters. The zero-order valence-electron chi connectivity index (χ0n) is 14.2. The van der Waals surface area contributed by atoms with Gasteiger partial charge in [0.05, 0.1) is 0 Å². The smallest absolute Gasteiger partial charge is 0.236 e. The molecule has 1 rings (SSSR count). The minimum Gasteiger partial charge on any atom is -0.304 e. The lowest BCUT2D eigenvalue weighted by molar-refractivity contribution is -0.140. The van der Waals surface area contributed by atoms with E-state index in [9.17, 15) is 9.59 Å². The van der Waals surface area contributed by atoms with Crippen LogP contribution in [-0.4, -0.2) is 60.9 Å². The molecule has 0 spiro atoms. The Hall–Kier alpha value is -0.940. The molecular weight excluding hydrogens is 254 g/mol. The third kappa shape index (κ3) is 12.1. The van der Waals surface area contributed by atoms with Crippen LogP contribution in [0.15, 0.2) is 0 Å². The first kappa shape index (κ1) is 21.4. The first-order valence-electron chi connectivity index (χ1n) is 7.76. The summed E-state index contributed by atoms with van der Waals surface area (Å²) < 4.78 is 0. The lowest BCUT2D eigenvalue weighted by atomic mass is 10.3. The maximum Gasteiger partial charge on any atom is 0.236 e. The van der Waals surface area contributed by atoms with Crippen LogP contribution in [-0.2, 0) is 9.59 Å². The molecule has 0 aliphatic carbocycles. The van der Waals surface area contributed by atoms with E-state index in [1.807, 2.05) is 5.32 Å². The average Bonchev–Trinajstić information content (AvgIpc) is 2.43. The van der Waals surface area contributed by atoms with Gasteiger partial charge in [-0.2, -0.15) is 0 Å². The van der Waals surface area contributed by atoms with E-state index in [2.05, 4.69) is 51.3 Å². The number of amides is 2. The molecule has 0 aromatic carbocycles. The second-order valence-corrected chi connectivity index (χ2v) is 4.39. The van der Waals surface area contributed by atoms with Gasteiger partial charge in [-0.05, 0) is 39.3 Å². The summed E-state index contributed by atoms with van der Waals surface area (Å²) >= 11 is 0. The van der Waals surface area contributed by atoms with Crippen LogP contribution in [0.25, 0.3) is 0 Å². The lowest BCUT2D eigenvalue weighted by Crippen LogP contribution is -2.43. The third-order valence-corrected chi connectivity index (χ3v) is 3.28. The highest BCUT2D eigenvalue weighted by Gasteiger charge is 2.20. The van der Waals surface area contributed by atoms with Gasteiger partial charge in [-0.3, -0.25) is 14.9 Å². The van der Waals surface area contributed by atoms with Crippen molar-refractivity contribution in [3.8, 4) is 0 Å². The van der Waals surface area contributed by atoms with Crippen molar-refractivity contribution in [2.75, 3.05) is 39.3 Å². The Morgan fingerprint density at radius 3 is 0.900 bits per heavy atom. The SMILES string of the molecule is CCN(CC)CC.CCN(CC)CC.O=C1CC(=O)N1. The van der Waals surface area contributed by atoms with E-state index in [1.165, 1.54) is 39.3 Å². The van der Waals surface area contributed by atoms with Gasteiger partial charge in [0.15, 0.2) is 0 Å². The number of carbonyl (C=O) groups is 2. The van der Waals surface area contributed by atoms with Crippen LogP contribution in [0.3, 0.4) is 0 Å². The van der Waals surface area contributed by atoms with Gasteiger partial charge in [0.1, 0.15) is 6.42 Å². The molecule has 1 N–H and O–H groups in total. The highest BCUT2D eigenvalue weighted by Crippen LogP contribution is 1.89. The fraction of sp³-hybridized carbons (Fsp3) is 0.867. The monoisotopic (exact) mass is 287 g/mol. The molecule has 0 saturated carbocycles. The summed E-state index contributed by atoms with van der Waals surface area (Å²) in [4.78, 5) is 24.3. The van der Waals surface area contributed by atoms with Crippen molar-refractivity contribution in [2.45, 2.75) is 48.0 Å². The number of β-lactam (4-membered cyclic amide) rings is 2. The zero-order chi connectivity index (χ0) is 16.0. The summed E-state index contributed by atoms with van der Waals surface area (Å²) in [6.45, 7) is 20.2. The van der Waals surface area contributed by atoms with Gasteiger partial charge in [0.2, 0.25) is 11.8 Å². The van der Waals surface area contributed by atoms with Crippen LogP contribution in [0.5, 0.6) is 0 Å². The van der Waals surface area contributed by atoms with Crippen molar-refractivity contribution in [3.05, 3.63) is 0 Å². The predicted molar refractivity (Wildman–Crippen MR) is 84.7 cm³/mol. The van der Waals surface area contributed by atoms with Crippen LogP contribution in [0.2, 0.25) is 0 Å². The maximum absolute atomic E-state index is 9.78. The number of rotatable bonds is 6. The predicted octanol–water partition coefficient (Wildman–Crippen LogP) is 1.73. The molecule has 1 fully saturated rings. The molecule has 1 heterocycles. The summed E-state index contributed by atoms with van der Waals surface area (Å²) in [5, 5.41) is 2.03. The largest absolute Gasteiger partial charge is 0.304 e. The normalized spacial score (nSPS) is 13.0. The van der Waals surface area contributed by atoms with Crippen LogP contribution >= 0.6 is 0 Å². The minimum absolute atomic E-state index is 0.0833. The summed E-state index contributed by atoms with van der Waals surface area (Å²) in [6, 6.07) is 0. The van der Waals surface area contributed by atoms with E-state index < -0.39 is 0 Å². The zero-order valence-corrected chi connectivity index (χ0v) is 14.2. The standard InChI is InChI=1S/2C6H15N.C3H3NO2/c2*1-4-7(5-2)6-3;5-2-1-3(6)4-2/h2*4-6H2,1-3H3;1H2,(H,4,5,6). The number of hydrogen-bond donors (Lipinski definition) is 1. The van der Waals surface area contributed by atoms with E-state index in [1.54, 1.807) is 0 Å². The molecule has 1 saturated heterocycles. The Morgan fingerprint density at radius 2 is 0.900 bits per heavy atom. The maximum atomic E-state index is 9.78. The quantitative estimate of drug-likeness (QED) is 0.597. The molecule has 20 heavy (non-hydrogen) atoms. The summed E-state index contributed by atoms with van der Waals surface area (Å²) in [7, 11) is 0. The van der Waals surface area contributed by atoms with Crippen molar-refractivity contribution in [1.82, 2.24) is 15.1 Å². The van der Waals surface area contributed by atoms with E-state index in [0.29, 0.717) is 0 Å². The molecule has 0 aromatic heterocycles. The van der Waals surface area contributed by atoms with E-state index in [4.69, 9.17) is 0 Å². The number of nitrogens with one attached hydrogen (secondary N) is 1. The molecule has 5 heteroatoms. The van der Waals surface area contributed by atoms with E-state index in [0.717, 1.165) is 0 Å². The Bertz CT molecular complexity index is 204. The van der Waals surface area contributed by atoms with Gasteiger partial charge in [0, 0.05) is 0 Å². The molecule has 0 radical (unpaired) electrons. The Kier molecular flexibility index (Phi) is 15.5. The van der Waals surface area contributed by atoms with E-state index in [-0.39, 0.29) is 18.2 Å². The fourth-order valence-electron chi connectivity index (χ4n) is 1.62. The van der Waals surface area contributed by atoms with Crippen molar-refractivity contribution in [1.29, 1.82) is 0 Å². The minimum atomic E-state index is -0.167. The molecule has 120 valence electrons. The van der Waals surface area contributed by atoms with Crippen LogP contribution < -0.4 is 5.32 Å². The lowest BCUT2D eigenvalue weighted by Gasteiger charge is -2.13. The Labute approximate surface area is 124 Å². The molecule has 0 aromatic rings. The number of carbonyl (C=O) groups excluding carboxylic acids is 2. The van der Waals surface area contributed by atoms with Gasteiger partial charge in [0.25, 0.3) is 0 Å². The highest BCUT2D eigenvalue weighted by molar-refractivity contribution is 6.14. The van der Waals surface area contributed by atoms with Crippen molar-refractivity contribution < 1.29 is 9.59 Å². The summed E-state index contributed by atoms with van der Waals surface area (Å²) in [5.41, 5.74) is 0. The highest BCUT2D eigenvalue weighted by atomic mass is 16.2. The molecule has 5 nitrogen and oxygen atoms in total. The Balaban J connectivity index is 0. The number of nitrogens with zero attached hydrogens (tertiary/aromatic N) is 2. The molecule has 1 aliphatic rings. The second kappa shape index (κ2) is 14.5. The van der Waals surface area contributed by atoms with Gasteiger partial charge < -0.3 is 9.80 Å². The summed E-state index contributed by atoms with van der Waals surface area (Å²) in [5.74, 6) is -0.333. The van der Waals surface area contributed by atoms with Gasteiger partial charge in [-0.15, -0.1) is 0 Å². The van der Waals surface area contributed by atoms with Crippen LogP contribution in [0.4, 0.5) is 0 Å². The van der Waals surface area contributed by atoms with Crippen molar-refractivity contribution in [2.24, 2.45) is 0 Å². The van der Waals surface area contributed by atoms with Crippen LogP contribution in [0.1, 0.15) is 48.0 Å². The summed E-state index contributed by atoms with van der Waals surface area (Å²) in [6.07, 6.45) is 0.0833. The fourth-order valence-corrected chi connectivity index (χ4v) is 1.62. The average molecular weight is 287 g/mol. The Morgan fingerprint density at radius 1 is 0.700 bits per heavy atom. The molecule has 1 aliphatic heterocycles. The van der Waals surface area contributed by atoms with Gasteiger partial charge >= 0.3 is 0 Å². The van der Waals surface area contributed by atoms with Crippen molar-refractivity contribution >= 4 is 11.8 Å². The van der Waals surface area contributed by atoms with Gasteiger partial charge in [-0.25, -0.2) is 0 Å².